The van der Waals surface area contributed by atoms with E-state index in [0.29, 0.717) is 18.0 Å². The molecule has 0 aliphatic carbocycles. The van der Waals surface area contributed by atoms with Crippen LogP contribution in [0.4, 0.5) is 13.2 Å². The van der Waals surface area contributed by atoms with E-state index in [1.54, 1.807) is 25.1 Å². The van der Waals surface area contributed by atoms with Crippen molar-refractivity contribution in [3.05, 3.63) is 41.7 Å². The van der Waals surface area contributed by atoms with Crippen molar-refractivity contribution in [2.75, 3.05) is 6.61 Å². The van der Waals surface area contributed by atoms with Crippen molar-refractivity contribution in [2.24, 2.45) is 0 Å². The van der Waals surface area contributed by atoms with E-state index in [2.05, 4.69) is 4.98 Å². The van der Waals surface area contributed by atoms with Crippen LogP contribution in [0.25, 0.3) is 12.2 Å². The molecule has 0 fully saturated rings. The van der Waals surface area contributed by atoms with Crippen molar-refractivity contribution in [1.29, 1.82) is 0 Å². The first-order valence-electron chi connectivity index (χ1n) is 6.59. The summed E-state index contributed by atoms with van der Waals surface area (Å²) < 4.78 is 36.5. The van der Waals surface area contributed by atoms with Crippen molar-refractivity contribution in [2.45, 2.75) is 13.1 Å². The van der Waals surface area contributed by atoms with Crippen molar-refractivity contribution in [1.82, 2.24) is 4.98 Å². The van der Waals surface area contributed by atoms with Crippen LogP contribution in [0, 0.1) is 0 Å². The molecule has 0 unspecified atom stereocenters. The molecular weight excluding hydrogens is 347 g/mol. The maximum absolute atomic E-state index is 11.1. The molecule has 7 nitrogen and oxygen atoms in total. The topological polar surface area (TPSA) is 114 Å². The van der Waals surface area contributed by atoms with Crippen LogP contribution < -0.4 is 0 Å². The molecule has 1 heterocycles. The minimum atomic E-state index is -5.08. The van der Waals surface area contributed by atoms with E-state index in [0.717, 1.165) is 6.08 Å². The van der Waals surface area contributed by atoms with E-state index in [9.17, 15) is 22.8 Å². The molecule has 0 atom stereocenters. The van der Waals surface area contributed by atoms with Gasteiger partial charge >= 0.3 is 24.1 Å². The molecule has 0 aliphatic rings. The molecule has 0 spiro atoms. The number of halogens is 3. The number of esters is 1. The summed E-state index contributed by atoms with van der Waals surface area (Å²) in [5.74, 6) is -4.23. The van der Waals surface area contributed by atoms with Gasteiger partial charge < -0.3 is 14.9 Å². The number of carboxylic acids is 2. The second kappa shape index (κ2) is 10.6. The van der Waals surface area contributed by atoms with Gasteiger partial charge in [-0.15, -0.1) is 0 Å². The lowest BCUT2D eigenvalue weighted by molar-refractivity contribution is -0.192. The quantitative estimate of drug-likeness (QED) is 0.611. The SMILES string of the molecule is CCOC(=O)/C=C/c1cccc(/C=C/C(=O)O)n1.O=C(O)C(F)(F)F. The van der Waals surface area contributed by atoms with Gasteiger partial charge in [0.25, 0.3) is 0 Å². The third-order valence-corrected chi connectivity index (χ3v) is 2.11. The third kappa shape index (κ3) is 11.1. The molecule has 0 saturated carbocycles. The van der Waals surface area contributed by atoms with Crippen LogP contribution in [0.2, 0.25) is 0 Å². The van der Waals surface area contributed by atoms with Gasteiger partial charge in [0.2, 0.25) is 0 Å². The zero-order chi connectivity index (χ0) is 19.5. The van der Waals surface area contributed by atoms with Crippen molar-refractivity contribution >= 4 is 30.1 Å². The average molecular weight is 361 g/mol. The number of nitrogens with zero attached hydrogens (tertiary/aromatic N) is 1. The fraction of sp³-hybridized carbons (Fsp3) is 0.200. The highest BCUT2D eigenvalue weighted by Crippen LogP contribution is 2.13. The number of carbonyl (C=O) groups is 3. The van der Waals surface area contributed by atoms with Crippen LogP contribution in [-0.2, 0) is 19.1 Å². The second-order valence-corrected chi connectivity index (χ2v) is 4.05. The first kappa shape index (κ1) is 21.8. The Hall–Kier alpha value is -3.17. The Kier molecular flexibility index (Phi) is 9.23. The molecule has 1 rings (SSSR count). The largest absolute Gasteiger partial charge is 0.490 e. The second-order valence-electron chi connectivity index (χ2n) is 4.05. The van der Waals surface area contributed by atoms with E-state index < -0.39 is 24.1 Å². The lowest BCUT2D eigenvalue weighted by atomic mass is 10.2. The Labute approximate surface area is 140 Å². The van der Waals surface area contributed by atoms with Crippen molar-refractivity contribution in [3.8, 4) is 0 Å². The van der Waals surface area contributed by atoms with Crippen LogP contribution in [0.3, 0.4) is 0 Å². The van der Waals surface area contributed by atoms with Gasteiger partial charge in [-0.3, -0.25) is 0 Å². The Bertz CT molecular complexity index is 667. The highest BCUT2D eigenvalue weighted by Gasteiger charge is 2.38. The van der Waals surface area contributed by atoms with Crippen LogP contribution in [0.15, 0.2) is 30.4 Å². The van der Waals surface area contributed by atoms with Crippen LogP contribution in [0.1, 0.15) is 18.3 Å². The molecule has 0 bridgehead atoms. The lowest BCUT2D eigenvalue weighted by Gasteiger charge is -1.97. The fourth-order valence-corrected chi connectivity index (χ4v) is 1.16. The molecule has 0 radical (unpaired) electrons. The highest BCUT2D eigenvalue weighted by molar-refractivity contribution is 5.87. The summed E-state index contributed by atoms with van der Waals surface area (Å²) >= 11 is 0. The maximum Gasteiger partial charge on any atom is 0.490 e. The normalized spacial score (nSPS) is 11.0. The molecule has 0 aliphatic heterocycles. The summed E-state index contributed by atoms with van der Waals surface area (Å²) in [6.07, 6.45) is 0.0812. The third-order valence-electron chi connectivity index (χ3n) is 2.11. The Morgan fingerprint density at radius 1 is 1.12 bits per heavy atom. The van der Waals surface area contributed by atoms with E-state index in [-0.39, 0.29) is 0 Å². The Balaban J connectivity index is 0.000000697. The molecule has 2 N–H and O–H groups in total. The Morgan fingerprint density at radius 2 is 1.60 bits per heavy atom. The average Bonchev–Trinajstić information content (AvgIpc) is 2.51. The van der Waals surface area contributed by atoms with Gasteiger partial charge in [0.15, 0.2) is 0 Å². The molecule has 1 aromatic heterocycles. The zero-order valence-corrected chi connectivity index (χ0v) is 12.9. The number of aliphatic carboxylic acids is 2. The van der Waals surface area contributed by atoms with Crippen molar-refractivity contribution in [3.63, 3.8) is 0 Å². The van der Waals surface area contributed by atoms with Gasteiger partial charge in [0, 0.05) is 12.2 Å². The summed E-state index contributed by atoms with van der Waals surface area (Å²) in [7, 11) is 0. The smallest absolute Gasteiger partial charge is 0.478 e. The molecule has 25 heavy (non-hydrogen) atoms. The molecule has 10 heteroatoms. The zero-order valence-electron chi connectivity index (χ0n) is 12.9. The van der Waals surface area contributed by atoms with Crippen LogP contribution in [0.5, 0.6) is 0 Å². The fourth-order valence-electron chi connectivity index (χ4n) is 1.16. The number of aromatic nitrogens is 1. The number of rotatable bonds is 5. The van der Waals surface area contributed by atoms with Gasteiger partial charge in [0.05, 0.1) is 18.0 Å². The van der Waals surface area contributed by atoms with Gasteiger partial charge in [-0.05, 0) is 31.2 Å². The first-order valence-corrected chi connectivity index (χ1v) is 6.59. The lowest BCUT2D eigenvalue weighted by Crippen LogP contribution is -2.21. The highest BCUT2D eigenvalue weighted by atomic mass is 19.4. The van der Waals surface area contributed by atoms with E-state index >= 15 is 0 Å². The molecule has 0 saturated heterocycles. The van der Waals surface area contributed by atoms with Crippen LogP contribution >= 0.6 is 0 Å². The molecular formula is C15H14F3NO6. The number of carboxylic acid groups (broad SMARTS) is 2. The number of alkyl halides is 3. The number of pyridine rings is 1. The van der Waals surface area contributed by atoms with Gasteiger partial charge in [-0.1, -0.05) is 6.07 Å². The summed E-state index contributed by atoms with van der Waals surface area (Å²) in [6.45, 7) is 2.04. The number of hydrogen-bond acceptors (Lipinski definition) is 5. The summed E-state index contributed by atoms with van der Waals surface area (Å²) in [5.41, 5.74) is 1.05. The molecule has 0 aromatic carbocycles. The summed E-state index contributed by atoms with van der Waals surface area (Å²) in [5, 5.41) is 15.6. The summed E-state index contributed by atoms with van der Waals surface area (Å²) in [6, 6.07) is 5.09. The predicted molar refractivity (Wildman–Crippen MR) is 80.3 cm³/mol. The van der Waals surface area contributed by atoms with Crippen molar-refractivity contribution < 1.29 is 42.5 Å². The minimum Gasteiger partial charge on any atom is -0.478 e. The number of carbonyl (C=O) groups excluding carboxylic acids is 1. The predicted octanol–water partition coefficient (Wildman–Crippen LogP) is 2.39. The van der Waals surface area contributed by atoms with Crippen LogP contribution in [-0.4, -0.2) is 45.9 Å². The maximum atomic E-state index is 11.1. The van der Waals surface area contributed by atoms with Gasteiger partial charge in [-0.2, -0.15) is 13.2 Å². The number of ether oxygens (including phenoxy) is 1. The van der Waals surface area contributed by atoms with E-state index in [1.165, 1.54) is 18.2 Å². The van der Waals surface area contributed by atoms with E-state index in [4.69, 9.17) is 19.7 Å². The molecule has 1 aromatic rings. The van der Waals surface area contributed by atoms with Gasteiger partial charge in [-0.25, -0.2) is 19.4 Å². The monoisotopic (exact) mass is 361 g/mol. The number of hydrogen-bond donors (Lipinski definition) is 2. The minimum absolute atomic E-state index is 0.317. The summed E-state index contributed by atoms with van der Waals surface area (Å²) in [4.78, 5) is 34.5. The standard InChI is InChI=1S/C13H13NO4.C2HF3O2/c1-2-18-13(17)9-7-11-5-3-4-10(14-11)6-8-12(15)16;3-2(4,5)1(6)7/h3-9H,2H2,1H3,(H,15,16);(H,6,7)/b8-6+,9-7+;. The molecule has 0 amide bonds. The van der Waals surface area contributed by atoms with E-state index in [1.807, 2.05) is 0 Å². The molecule has 136 valence electrons. The first-order chi connectivity index (χ1) is 11.6. The van der Waals surface area contributed by atoms with Gasteiger partial charge in [0.1, 0.15) is 0 Å². The Morgan fingerprint density at radius 3 is 2.00 bits per heavy atom.